The number of hydrogen-bond acceptors (Lipinski definition) is 1. The highest BCUT2D eigenvalue weighted by Crippen LogP contribution is 2.23. The number of thiocarbonyl (C=S) groups is 1. The van der Waals surface area contributed by atoms with Gasteiger partial charge in [-0.25, -0.2) is 0 Å². The minimum Gasteiger partial charge on any atom is -0.340 e. The van der Waals surface area contributed by atoms with Crippen molar-refractivity contribution in [3.05, 3.63) is 100 Å². The van der Waals surface area contributed by atoms with Gasteiger partial charge in [-0.05, 0) is 58.6 Å². The minimum absolute atomic E-state index is 0.153. The van der Waals surface area contributed by atoms with Crippen LogP contribution in [0.15, 0.2) is 83.3 Å². The van der Waals surface area contributed by atoms with Crippen LogP contribution in [0.4, 0.5) is 5.69 Å². The van der Waals surface area contributed by atoms with Gasteiger partial charge in [0.2, 0.25) is 0 Å². The zero-order valence-electron chi connectivity index (χ0n) is 17.2. The molecule has 0 bridgehead atoms. The summed E-state index contributed by atoms with van der Waals surface area (Å²) in [5.41, 5.74) is 4.95. The average Bonchev–Trinajstić information content (AvgIpc) is 2.69. The lowest BCUT2D eigenvalue weighted by atomic mass is 9.87. The molecule has 2 nitrogen and oxygen atoms in total. The van der Waals surface area contributed by atoms with E-state index < -0.39 is 0 Å². The summed E-state index contributed by atoms with van der Waals surface area (Å²) < 4.78 is 1.08. The van der Waals surface area contributed by atoms with Crippen molar-refractivity contribution in [1.29, 1.82) is 0 Å². The van der Waals surface area contributed by atoms with Crippen LogP contribution in [0.1, 0.15) is 37.5 Å². The predicted molar refractivity (Wildman–Crippen MR) is 131 cm³/mol. The fraction of sp³-hybridized carbons (Fsp3) is 0.240. The normalized spacial score (nSPS) is 11.2. The Morgan fingerprint density at radius 1 is 0.828 bits per heavy atom. The summed E-state index contributed by atoms with van der Waals surface area (Å²) in [6, 6.07) is 27.3. The maximum Gasteiger partial charge on any atom is 0.174 e. The number of rotatable bonds is 5. The molecule has 1 N–H and O–H groups in total. The van der Waals surface area contributed by atoms with Crippen molar-refractivity contribution in [3.8, 4) is 0 Å². The fourth-order valence-corrected chi connectivity index (χ4v) is 3.58. The molecule has 0 saturated carbocycles. The first-order valence-electron chi connectivity index (χ1n) is 9.76. The van der Waals surface area contributed by atoms with Crippen LogP contribution in [0.3, 0.4) is 0 Å². The molecule has 0 unspecified atom stereocenters. The summed E-state index contributed by atoms with van der Waals surface area (Å²) in [7, 11) is 0. The maximum atomic E-state index is 5.77. The Bertz CT molecular complexity index is 929. The minimum atomic E-state index is 0.153. The van der Waals surface area contributed by atoms with E-state index in [1.165, 1.54) is 16.7 Å². The van der Waals surface area contributed by atoms with Crippen LogP contribution >= 0.6 is 28.1 Å². The van der Waals surface area contributed by atoms with Crippen molar-refractivity contribution < 1.29 is 0 Å². The van der Waals surface area contributed by atoms with Gasteiger partial charge in [0.25, 0.3) is 0 Å². The molecule has 4 heteroatoms. The summed E-state index contributed by atoms with van der Waals surface area (Å²) in [6.07, 6.45) is 0. The highest BCUT2D eigenvalue weighted by molar-refractivity contribution is 9.10. The molecular formula is C25H27BrN2S. The van der Waals surface area contributed by atoms with E-state index >= 15 is 0 Å². The van der Waals surface area contributed by atoms with Crippen molar-refractivity contribution in [2.75, 3.05) is 5.32 Å². The summed E-state index contributed by atoms with van der Waals surface area (Å²) in [5.74, 6) is 0. The van der Waals surface area contributed by atoms with Crippen LogP contribution in [0, 0.1) is 0 Å². The highest BCUT2D eigenvalue weighted by Gasteiger charge is 2.15. The number of nitrogens with zero attached hydrogens (tertiary/aromatic N) is 1. The summed E-state index contributed by atoms with van der Waals surface area (Å²) in [5, 5.41) is 4.10. The largest absolute Gasteiger partial charge is 0.340 e. The molecule has 0 atom stereocenters. The van der Waals surface area contributed by atoms with Crippen LogP contribution in [0.2, 0.25) is 0 Å². The fourth-order valence-electron chi connectivity index (χ4n) is 3.06. The van der Waals surface area contributed by atoms with E-state index in [1.54, 1.807) is 0 Å². The Morgan fingerprint density at radius 3 is 1.86 bits per heavy atom. The van der Waals surface area contributed by atoms with Crippen molar-refractivity contribution >= 4 is 38.9 Å². The molecule has 29 heavy (non-hydrogen) atoms. The van der Waals surface area contributed by atoms with E-state index in [2.05, 4.69) is 95.4 Å². The molecule has 0 aliphatic rings. The van der Waals surface area contributed by atoms with E-state index in [1.807, 2.05) is 30.3 Å². The van der Waals surface area contributed by atoms with Crippen LogP contribution < -0.4 is 5.32 Å². The molecule has 0 amide bonds. The standard InChI is InChI=1S/C25H27BrN2S/c1-25(2,3)21-13-9-19(10-14-21)17-28(18-20-11-15-22(26)16-12-20)24(29)27-23-7-5-4-6-8-23/h4-16H,17-18H2,1-3H3,(H,27,29). The Balaban J connectivity index is 1.79. The third-order valence-corrected chi connectivity index (χ3v) is 5.68. The highest BCUT2D eigenvalue weighted by atomic mass is 79.9. The lowest BCUT2D eigenvalue weighted by Crippen LogP contribution is -2.33. The number of benzene rings is 3. The Kier molecular flexibility index (Phi) is 7.09. The van der Waals surface area contributed by atoms with E-state index in [0.29, 0.717) is 0 Å². The molecule has 3 aromatic carbocycles. The lowest BCUT2D eigenvalue weighted by molar-refractivity contribution is 0.412. The molecule has 0 fully saturated rings. The summed E-state index contributed by atoms with van der Waals surface area (Å²) in [6.45, 7) is 8.20. The van der Waals surface area contributed by atoms with Gasteiger partial charge in [-0.15, -0.1) is 0 Å². The smallest absolute Gasteiger partial charge is 0.174 e. The second kappa shape index (κ2) is 9.55. The number of nitrogens with one attached hydrogen (secondary N) is 1. The van der Waals surface area contributed by atoms with E-state index in [9.17, 15) is 0 Å². The van der Waals surface area contributed by atoms with Crippen molar-refractivity contribution in [2.24, 2.45) is 0 Å². The van der Waals surface area contributed by atoms with Gasteiger partial charge >= 0.3 is 0 Å². The van der Waals surface area contributed by atoms with E-state index in [4.69, 9.17) is 12.2 Å². The lowest BCUT2D eigenvalue weighted by Gasteiger charge is -2.27. The molecule has 0 aliphatic heterocycles. The van der Waals surface area contributed by atoms with Crippen LogP contribution in [0.5, 0.6) is 0 Å². The van der Waals surface area contributed by atoms with Crippen LogP contribution in [-0.2, 0) is 18.5 Å². The van der Waals surface area contributed by atoms with Gasteiger partial charge in [0.1, 0.15) is 0 Å². The molecule has 3 aromatic rings. The van der Waals surface area contributed by atoms with Gasteiger partial charge in [0.05, 0.1) is 0 Å². The zero-order chi connectivity index (χ0) is 20.9. The van der Waals surface area contributed by atoms with Crippen molar-refractivity contribution in [1.82, 2.24) is 4.90 Å². The molecule has 0 spiro atoms. The van der Waals surface area contributed by atoms with Gasteiger partial charge in [-0.2, -0.15) is 0 Å². The molecular weight excluding hydrogens is 440 g/mol. The molecule has 0 radical (unpaired) electrons. The van der Waals surface area contributed by atoms with Crippen molar-refractivity contribution in [3.63, 3.8) is 0 Å². The first kappa shape index (κ1) is 21.5. The molecule has 3 rings (SSSR count). The topological polar surface area (TPSA) is 15.3 Å². The van der Waals surface area contributed by atoms with Crippen LogP contribution in [-0.4, -0.2) is 10.0 Å². The number of hydrogen-bond donors (Lipinski definition) is 1. The number of para-hydroxylation sites is 1. The summed E-state index contributed by atoms with van der Waals surface area (Å²) >= 11 is 9.28. The van der Waals surface area contributed by atoms with Gasteiger partial charge in [0, 0.05) is 23.2 Å². The summed E-state index contributed by atoms with van der Waals surface area (Å²) in [4.78, 5) is 2.21. The molecule has 0 heterocycles. The van der Waals surface area contributed by atoms with Gasteiger partial charge in [-0.1, -0.05) is 91.3 Å². The first-order valence-corrected chi connectivity index (χ1v) is 11.0. The Labute approximate surface area is 188 Å². The monoisotopic (exact) mass is 466 g/mol. The second-order valence-corrected chi connectivity index (χ2v) is 9.53. The molecule has 0 aromatic heterocycles. The zero-order valence-corrected chi connectivity index (χ0v) is 19.6. The molecule has 0 aliphatic carbocycles. The van der Waals surface area contributed by atoms with E-state index in [0.717, 1.165) is 28.4 Å². The molecule has 150 valence electrons. The quantitative estimate of drug-likeness (QED) is 0.401. The second-order valence-electron chi connectivity index (χ2n) is 8.23. The van der Waals surface area contributed by atoms with Crippen molar-refractivity contribution in [2.45, 2.75) is 39.3 Å². The predicted octanol–water partition coefficient (Wildman–Crippen LogP) is 7.15. The first-order chi connectivity index (χ1) is 13.8. The van der Waals surface area contributed by atoms with Crippen LogP contribution in [0.25, 0.3) is 0 Å². The number of halogens is 1. The maximum absolute atomic E-state index is 5.77. The third kappa shape index (κ3) is 6.41. The molecule has 0 saturated heterocycles. The third-order valence-electron chi connectivity index (χ3n) is 4.79. The number of anilines is 1. The SMILES string of the molecule is CC(C)(C)c1ccc(CN(Cc2ccc(Br)cc2)C(=S)Nc2ccccc2)cc1. The van der Waals surface area contributed by atoms with Gasteiger partial charge in [-0.3, -0.25) is 0 Å². The van der Waals surface area contributed by atoms with Gasteiger partial charge < -0.3 is 10.2 Å². The van der Waals surface area contributed by atoms with E-state index in [-0.39, 0.29) is 5.41 Å². The Morgan fingerprint density at radius 2 is 1.34 bits per heavy atom. The Hall–Kier alpha value is -2.17. The van der Waals surface area contributed by atoms with Gasteiger partial charge in [0.15, 0.2) is 5.11 Å². The average molecular weight is 467 g/mol.